The van der Waals surface area contributed by atoms with E-state index in [4.69, 9.17) is 9.47 Å². The molecule has 4 rings (SSSR count). The second kappa shape index (κ2) is 9.76. The number of aryl methyl sites for hydroxylation is 2. The minimum absolute atomic E-state index is 0.251. The Hall–Kier alpha value is -3.67. The molecular weight excluding hydrogens is 501 g/mol. The van der Waals surface area contributed by atoms with E-state index in [-0.39, 0.29) is 29.4 Å². The van der Waals surface area contributed by atoms with Crippen molar-refractivity contribution in [2.45, 2.75) is 25.6 Å². The molecule has 0 fully saturated rings. The molecule has 0 amide bonds. The predicted octanol–water partition coefficient (Wildman–Crippen LogP) is 4.83. The molecule has 0 aliphatic carbocycles. The molecule has 12 heteroatoms. The average molecular weight is 525 g/mol. The molecule has 2 heterocycles. The highest BCUT2D eigenvalue weighted by atomic mass is 32.2. The van der Waals surface area contributed by atoms with Gasteiger partial charge in [0.2, 0.25) is 10.0 Å². The first-order chi connectivity index (χ1) is 16.9. The van der Waals surface area contributed by atoms with Crippen LogP contribution in [0.4, 0.5) is 18.9 Å². The summed E-state index contributed by atoms with van der Waals surface area (Å²) >= 11 is 0. The quantitative estimate of drug-likeness (QED) is 0.528. The summed E-state index contributed by atoms with van der Waals surface area (Å²) in [4.78, 5) is 12.3. The molecule has 1 N–H and O–H groups in total. The molecule has 0 unspecified atom stereocenters. The van der Waals surface area contributed by atoms with Crippen LogP contribution in [-0.2, 0) is 23.5 Å². The van der Waals surface area contributed by atoms with Crippen LogP contribution in [-0.4, -0.2) is 32.2 Å². The lowest BCUT2D eigenvalue weighted by atomic mass is 10.0. The Morgan fingerprint density at radius 1 is 1.00 bits per heavy atom. The fourth-order valence-electron chi connectivity index (χ4n) is 3.81. The van der Waals surface area contributed by atoms with Gasteiger partial charge < -0.3 is 18.8 Å². The van der Waals surface area contributed by atoms with Crippen LogP contribution in [0.3, 0.4) is 0 Å². The van der Waals surface area contributed by atoms with E-state index in [0.717, 1.165) is 12.3 Å². The fraction of sp³-hybridized carbons (Fsp3) is 0.292. The molecule has 0 saturated carbocycles. The first-order valence-corrected chi connectivity index (χ1v) is 12.8. The van der Waals surface area contributed by atoms with Gasteiger partial charge in [0, 0.05) is 36.1 Å². The third-order valence-corrected chi connectivity index (χ3v) is 5.95. The van der Waals surface area contributed by atoms with Crippen LogP contribution in [0.2, 0.25) is 0 Å². The molecule has 0 spiro atoms. The van der Waals surface area contributed by atoms with Gasteiger partial charge in [-0.25, -0.2) is 8.42 Å². The number of halogens is 3. The number of fused-ring (bicyclic) bond motifs is 4. The summed E-state index contributed by atoms with van der Waals surface area (Å²) in [6.45, 7) is 0.256. The molecule has 0 radical (unpaired) electrons. The number of nitrogens with zero attached hydrogens (tertiary/aromatic N) is 1. The number of hydrogen-bond acceptors (Lipinski definition) is 6. The summed E-state index contributed by atoms with van der Waals surface area (Å²) in [6, 6.07) is 9.76. The van der Waals surface area contributed by atoms with Gasteiger partial charge in [-0.15, -0.1) is 13.2 Å². The van der Waals surface area contributed by atoms with Crippen LogP contribution >= 0.6 is 0 Å². The first-order valence-electron chi connectivity index (χ1n) is 10.9. The number of ether oxygens (including phenoxy) is 3. The van der Waals surface area contributed by atoms with Crippen LogP contribution < -0.4 is 24.5 Å². The van der Waals surface area contributed by atoms with Gasteiger partial charge in [0.15, 0.2) is 0 Å². The molecule has 8 nitrogen and oxygen atoms in total. The van der Waals surface area contributed by atoms with E-state index in [1.54, 1.807) is 13.2 Å². The largest absolute Gasteiger partial charge is 0.573 e. The Kier molecular flexibility index (Phi) is 6.90. The van der Waals surface area contributed by atoms with E-state index in [2.05, 4.69) is 9.46 Å². The zero-order chi connectivity index (χ0) is 26.1. The van der Waals surface area contributed by atoms with Gasteiger partial charge in [-0.2, -0.15) is 0 Å². The van der Waals surface area contributed by atoms with Gasteiger partial charge in [-0.3, -0.25) is 9.52 Å². The molecule has 0 bridgehead atoms. The second-order valence-corrected chi connectivity index (χ2v) is 10.1. The highest BCUT2D eigenvalue weighted by Gasteiger charge is 2.31. The van der Waals surface area contributed by atoms with Crippen LogP contribution in [0, 0.1) is 0 Å². The lowest BCUT2D eigenvalue weighted by Gasteiger charge is -2.20. The van der Waals surface area contributed by atoms with Crippen molar-refractivity contribution in [1.29, 1.82) is 0 Å². The van der Waals surface area contributed by atoms with Gasteiger partial charge in [0.1, 0.15) is 23.0 Å². The number of rotatable bonds is 3. The van der Waals surface area contributed by atoms with E-state index >= 15 is 0 Å². The Labute approximate surface area is 205 Å². The van der Waals surface area contributed by atoms with Crippen molar-refractivity contribution in [2.75, 3.05) is 17.6 Å². The zero-order valence-corrected chi connectivity index (χ0v) is 20.2. The Morgan fingerprint density at radius 3 is 2.47 bits per heavy atom. The van der Waals surface area contributed by atoms with Gasteiger partial charge in [0.25, 0.3) is 5.56 Å². The lowest BCUT2D eigenvalue weighted by Crippen LogP contribution is -2.17. The number of pyridine rings is 1. The van der Waals surface area contributed by atoms with Crippen LogP contribution in [0.15, 0.2) is 53.5 Å². The maximum atomic E-state index is 12.7. The van der Waals surface area contributed by atoms with E-state index in [9.17, 15) is 26.4 Å². The standard InChI is InChI=1S/C24H23F3N2O6S/c1-29-14-19-18-12-16(28-36(2,31)32)6-8-21(18)34-20-9-7-17(35-24(25,26)27)11-15(20)5-3-4-10-33-22(19)13-23(29)30/h6-9,11-14,28H,3-5,10H2,1-2H3. The summed E-state index contributed by atoms with van der Waals surface area (Å²) in [6.07, 6.45) is -0.738. The topological polar surface area (TPSA) is 95.9 Å². The highest BCUT2D eigenvalue weighted by molar-refractivity contribution is 7.92. The molecule has 192 valence electrons. The molecule has 2 aromatic carbocycles. The summed E-state index contributed by atoms with van der Waals surface area (Å²) in [7, 11) is -2.02. The van der Waals surface area contributed by atoms with E-state index in [1.807, 2.05) is 0 Å². The fourth-order valence-corrected chi connectivity index (χ4v) is 4.36. The monoisotopic (exact) mass is 524 g/mol. The van der Waals surface area contributed by atoms with E-state index < -0.39 is 16.4 Å². The number of alkyl halides is 3. The molecule has 1 aromatic heterocycles. The minimum atomic E-state index is -4.83. The Morgan fingerprint density at radius 2 is 1.75 bits per heavy atom. The minimum Gasteiger partial charge on any atom is -0.493 e. The number of benzene rings is 2. The van der Waals surface area contributed by atoms with E-state index in [0.29, 0.717) is 47.5 Å². The van der Waals surface area contributed by atoms with Crippen molar-refractivity contribution in [3.63, 3.8) is 0 Å². The van der Waals surface area contributed by atoms with Crippen molar-refractivity contribution in [2.24, 2.45) is 7.05 Å². The number of sulfonamides is 1. The average Bonchev–Trinajstić information content (AvgIpc) is 2.75. The number of anilines is 1. The van der Waals surface area contributed by atoms with Gasteiger partial charge in [-0.05, 0) is 61.2 Å². The first kappa shape index (κ1) is 25.4. The Bertz CT molecular complexity index is 1450. The third-order valence-electron chi connectivity index (χ3n) is 5.35. The van der Waals surface area contributed by atoms with Crippen molar-refractivity contribution in [3.8, 4) is 34.1 Å². The zero-order valence-electron chi connectivity index (χ0n) is 19.4. The Balaban J connectivity index is 1.87. The molecule has 0 saturated heterocycles. The van der Waals surface area contributed by atoms with Gasteiger partial charge >= 0.3 is 6.36 Å². The molecule has 36 heavy (non-hydrogen) atoms. The summed E-state index contributed by atoms with van der Waals surface area (Å²) < 4.78 is 81.7. The number of hydrogen-bond donors (Lipinski definition) is 1. The van der Waals surface area contributed by atoms with Gasteiger partial charge in [0.05, 0.1) is 12.9 Å². The van der Waals surface area contributed by atoms with Crippen molar-refractivity contribution >= 4 is 15.7 Å². The number of nitrogens with one attached hydrogen (secondary N) is 1. The maximum Gasteiger partial charge on any atom is 0.573 e. The van der Waals surface area contributed by atoms with Crippen molar-refractivity contribution in [3.05, 3.63) is 64.6 Å². The molecule has 1 aliphatic rings. The molecular formula is C24H23F3N2O6S. The van der Waals surface area contributed by atoms with E-state index in [1.165, 1.54) is 41.0 Å². The SMILES string of the molecule is Cn1cc2c(cc1=O)OCCCCc1cc(OC(F)(F)F)ccc1Oc1ccc(NS(C)(=O)=O)cc1-2. The normalized spacial score (nSPS) is 14.0. The van der Waals surface area contributed by atoms with Crippen LogP contribution in [0.1, 0.15) is 18.4 Å². The third kappa shape index (κ3) is 6.30. The highest BCUT2D eigenvalue weighted by Crippen LogP contribution is 2.41. The van der Waals surface area contributed by atoms with Crippen molar-refractivity contribution < 1.29 is 35.8 Å². The summed E-state index contributed by atoms with van der Waals surface area (Å²) in [5, 5.41) is 0. The summed E-state index contributed by atoms with van der Waals surface area (Å²) in [5.74, 6) is 0.543. The van der Waals surface area contributed by atoms with Crippen LogP contribution in [0.25, 0.3) is 11.1 Å². The van der Waals surface area contributed by atoms with Gasteiger partial charge in [-0.1, -0.05) is 0 Å². The maximum absolute atomic E-state index is 12.7. The lowest BCUT2D eigenvalue weighted by molar-refractivity contribution is -0.274. The predicted molar refractivity (Wildman–Crippen MR) is 127 cm³/mol. The molecule has 0 atom stereocenters. The number of aromatic nitrogens is 1. The molecule has 3 aromatic rings. The van der Waals surface area contributed by atoms with Crippen molar-refractivity contribution in [1.82, 2.24) is 4.57 Å². The summed E-state index contributed by atoms with van der Waals surface area (Å²) in [5.41, 5.74) is 1.35. The second-order valence-electron chi connectivity index (χ2n) is 8.31. The molecule has 1 aliphatic heterocycles. The smallest absolute Gasteiger partial charge is 0.493 e. The van der Waals surface area contributed by atoms with Crippen LogP contribution in [0.5, 0.6) is 23.0 Å².